The first-order valence-corrected chi connectivity index (χ1v) is 8.04. The van der Waals surface area contributed by atoms with Gasteiger partial charge >= 0.3 is 0 Å². The molecule has 0 bridgehead atoms. The zero-order valence-corrected chi connectivity index (χ0v) is 13.3. The Bertz CT molecular complexity index is 665. The zero-order valence-electron chi connectivity index (χ0n) is 13.3. The van der Waals surface area contributed by atoms with Crippen LogP contribution >= 0.6 is 0 Å². The van der Waals surface area contributed by atoms with Crippen LogP contribution in [0.1, 0.15) is 24.2 Å². The first kappa shape index (κ1) is 15.7. The highest BCUT2D eigenvalue weighted by Gasteiger charge is 2.24. The van der Waals surface area contributed by atoms with Gasteiger partial charge in [-0.1, -0.05) is 12.1 Å². The number of benzene rings is 1. The van der Waals surface area contributed by atoms with Crippen LogP contribution in [0.25, 0.3) is 0 Å². The monoisotopic (exact) mass is 315 g/mol. The maximum Gasteiger partial charge on any atom is 0.234 e. The second-order valence-electron chi connectivity index (χ2n) is 6.00. The van der Waals surface area contributed by atoms with Gasteiger partial charge in [0.05, 0.1) is 6.54 Å². The molecule has 1 aromatic heterocycles. The quantitative estimate of drug-likeness (QED) is 0.920. The molecular weight excluding hydrogens is 293 g/mol. The Morgan fingerprint density at radius 1 is 1.26 bits per heavy atom. The molecule has 122 valence electrons. The molecule has 0 radical (unpaired) electrons. The standard InChI is InChI=1S/C18H22FN3O/c1-14-17-3-2-10-21(17)11-12-22(14)13-18(23)20-9-8-15-4-6-16(19)7-5-15/h2-7,10,14H,8-9,11-13H2,1H3,(H,20,23). The zero-order chi connectivity index (χ0) is 16.2. The number of fused-ring (bicyclic) bond motifs is 1. The van der Waals surface area contributed by atoms with E-state index in [-0.39, 0.29) is 17.8 Å². The molecule has 0 saturated carbocycles. The molecule has 2 heterocycles. The van der Waals surface area contributed by atoms with E-state index in [1.54, 1.807) is 12.1 Å². The summed E-state index contributed by atoms with van der Waals surface area (Å²) in [4.78, 5) is 14.3. The fraction of sp³-hybridized carbons (Fsp3) is 0.389. The van der Waals surface area contributed by atoms with Gasteiger partial charge in [-0.25, -0.2) is 4.39 Å². The Labute approximate surface area is 135 Å². The molecule has 5 heteroatoms. The number of rotatable bonds is 5. The molecule has 2 aromatic rings. The maximum absolute atomic E-state index is 12.8. The van der Waals surface area contributed by atoms with Crippen LogP contribution in [-0.2, 0) is 17.8 Å². The molecule has 0 aliphatic carbocycles. The molecule has 1 atom stereocenters. The molecule has 1 aliphatic rings. The molecule has 3 rings (SSSR count). The van der Waals surface area contributed by atoms with Crippen LogP contribution in [0.3, 0.4) is 0 Å². The summed E-state index contributed by atoms with van der Waals surface area (Å²) in [7, 11) is 0. The second kappa shape index (κ2) is 6.96. The molecule has 1 N–H and O–H groups in total. The summed E-state index contributed by atoms with van der Waals surface area (Å²) in [5.74, 6) is -0.194. The average Bonchev–Trinajstić information content (AvgIpc) is 3.01. The highest BCUT2D eigenvalue weighted by Crippen LogP contribution is 2.24. The van der Waals surface area contributed by atoms with Gasteiger partial charge in [0.25, 0.3) is 0 Å². The van der Waals surface area contributed by atoms with E-state index in [1.807, 2.05) is 0 Å². The van der Waals surface area contributed by atoms with Gasteiger partial charge in [-0.15, -0.1) is 0 Å². The van der Waals surface area contributed by atoms with Crippen LogP contribution in [-0.4, -0.2) is 35.0 Å². The van der Waals surface area contributed by atoms with Gasteiger partial charge in [0.1, 0.15) is 5.82 Å². The van der Waals surface area contributed by atoms with E-state index < -0.39 is 0 Å². The molecule has 23 heavy (non-hydrogen) atoms. The van der Waals surface area contributed by atoms with E-state index in [0.717, 1.165) is 18.7 Å². The van der Waals surface area contributed by atoms with Crippen molar-refractivity contribution in [2.24, 2.45) is 0 Å². The minimum atomic E-state index is -0.235. The average molecular weight is 315 g/mol. The van der Waals surface area contributed by atoms with E-state index in [2.05, 4.69) is 40.0 Å². The lowest BCUT2D eigenvalue weighted by Crippen LogP contribution is -2.43. The third kappa shape index (κ3) is 3.79. The molecule has 0 spiro atoms. The van der Waals surface area contributed by atoms with E-state index in [1.165, 1.54) is 17.8 Å². The number of nitrogens with zero attached hydrogens (tertiary/aromatic N) is 2. The molecular formula is C18H22FN3O. The van der Waals surface area contributed by atoms with E-state index in [9.17, 15) is 9.18 Å². The van der Waals surface area contributed by atoms with Crippen LogP contribution in [0.4, 0.5) is 4.39 Å². The van der Waals surface area contributed by atoms with Gasteiger partial charge in [-0.05, 0) is 43.2 Å². The van der Waals surface area contributed by atoms with E-state index in [0.29, 0.717) is 19.5 Å². The van der Waals surface area contributed by atoms with E-state index in [4.69, 9.17) is 0 Å². The number of aromatic nitrogens is 1. The Morgan fingerprint density at radius 3 is 2.83 bits per heavy atom. The van der Waals surface area contributed by atoms with Crippen LogP contribution in [0, 0.1) is 5.82 Å². The fourth-order valence-electron chi connectivity index (χ4n) is 3.08. The first-order chi connectivity index (χ1) is 11.1. The Balaban J connectivity index is 1.45. The predicted molar refractivity (Wildman–Crippen MR) is 87.5 cm³/mol. The smallest absolute Gasteiger partial charge is 0.234 e. The minimum Gasteiger partial charge on any atom is -0.355 e. The number of hydrogen-bond acceptors (Lipinski definition) is 2. The summed E-state index contributed by atoms with van der Waals surface area (Å²) >= 11 is 0. The van der Waals surface area contributed by atoms with Crippen molar-refractivity contribution >= 4 is 5.91 Å². The molecule has 4 nitrogen and oxygen atoms in total. The number of halogens is 1. The molecule has 1 aromatic carbocycles. The van der Waals surface area contributed by atoms with Gasteiger partial charge in [0.15, 0.2) is 0 Å². The summed E-state index contributed by atoms with van der Waals surface area (Å²) < 4.78 is 15.1. The van der Waals surface area contributed by atoms with Crippen LogP contribution in [0.15, 0.2) is 42.6 Å². The van der Waals surface area contributed by atoms with Crippen molar-refractivity contribution in [2.75, 3.05) is 19.6 Å². The molecule has 1 aliphatic heterocycles. The Kier molecular flexibility index (Phi) is 4.76. The van der Waals surface area contributed by atoms with Gasteiger partial charge in [-0.2, -0.15) is 0 Å². The van der Waals surface area contributed by atoms with E-state index >= 15 is 0 Å². The number of nitrogens with one attached hydrogen (secondary N) is 1. The predicted octanol–water partition coefficient (Wildman–Crippen LogP) is 2.36. The highest BCUT2D eigenvalue weighted by atomic mass is 19.1. The molecule has 1 amide bonds. The number of carbonyl (C=O) groups is 1. The lowest BCUT2D eigenvalue weighted by Gasteiger charge is -2.34. The fourth-order valence-corrected chi connectivity index (χ4v) is 3.08. The van der Waals surface area contributed by atoms with Crippen molar-refractivity contribution in [2.45, 2.75) is 25.9 Å². The molecule has 1 unspecified atom stereocenters. The molecule has 0 saturated heterocycles. The lowest BCUT2D eigenvalue weighted by atomic mass is 10.1. The van der Waals surface area contributed by atoms with Crippen molar-refractivity contribution in [3.05, 3.63) is 59.7 Å². The summed E-state index contributed by atoms with van der Waals surface area (Å²) in [5.41, 5.74) is 2.28. The van der Waals surface area contributed by atoms with Crippen molar-refractivity contribution < 1.29 is 9.18 Å². The normalized spacial score (nSPS) is 17.7. The summed E-state index contributed by atoms with van der Waals surface area (Å²) in [6, 6.07) is 10.8. The number of hydrogen-bond donors (Lipinski definition) is 1. The van der Waals surface area contributed by atoms with Crippen LogP contribution in [0.2, 0.25) is 0 Å². The van der Waals surface area contributed by atoms with Gasteiger partial charge < -0.3 is 9.88 Å². The van der Waals surface area contributed by atoms with Gasteiger partial charge in [0.2, 0.25) is 5.91 Å². The van der Waals surface area contributed by atoms with Gasteiger partial charge in [-0.3, -0.25) is 9.69 Å². The third-order valence-corrected chi connectivity index (χ3v) is 4.46. The second-order valence-corrected chi connectivity index (χ2v) is 6.00. The maximum atomic E-state index is 12.8. The van der Waals surface area contributed by atoms with Crippen LogP contribution in [0.5, 0.6) is 0 Å². The largest absolute Gasteiger partial charge is 0.355 e. The van der Waals surface area contributed by atoms with Crippen molar-refractivity contribution in [3.63, 3.8) is 0 Å². The first-order valence-electron chi connectivity index (χ1n) is 8.04. The summed E-state index contributed by atoms with van der Waals surface area (Å²) in [6.07, 6.45) is 2.80. The Hall–Kier alpha value is -2.14. The van der Waals surface area contributed by atoms with Crippen molar-refractivity contribution in [1.29, 1.82) is 0 Å². The summed E-state index contributed by atoms with van der Waals surface area (Å²) in [6.45, 7) is 4.93. The Morgan fingerprint density at radius 2 is 2.04 bits per heavy atom. The summed E-state index contributed by atoms with van der Waals surface area (Å²) in [5, 5.41) is 2.95. The lowest BCUT2D eigenvalue weighted by molar-refractivity contribution is -0.123. The van der Waals surface area contributed by atoms with Crippen molar-refractivity contribution in [1.82, 2.24) is 14.8 Å². The van der Waals surface area contributed by atoms with Crippen LogP contribution < -0.4 is 5.32 Å². The van der Waals surface area contributed by atoms with Crippen molar-refractivity contribution in [3.8, 4) is 0 Å². The highest BCUT2D eigenvalue weighted by molar-refractivity contribution is 5.78. The molecule has 0 fully saturated rings. The SMILES string of the molecule is CC1c2cccn2CCN1CC(=O)NCCc1ccc(F)cc1. The number of amides is 1. The number of carbonyl (C=O) groups excluding carboxylic acids is 1. The topological polar surface area (TPSA) is 37.3 Å². The minimum absolute atomic E-state index is 0.0407. The van der Waals surface area contributed by atoms with Gasteiger partial charge in [0, 0.05) is 37.6 Å². The third-order valence-electron chi connectivity index (χ3n) is 4.46.